The molecule has 0 spiro atoms. The molecule has 1 atom stereocenters. The summed E-state index contributed by atoms with van der Waals surface area (Å²) >= 11 is 1.65. The van der Waals surface area contributed by atoms with Gasteiger partial charge in [0.25, 0.3) is 0 Å². The van der Waals surface area contributed by atoms with Crippen LogP contribution in [0, 0.1) is 0 Å². The van der Waals surface area contributed by atoms with Crippen molar-refractivity contribution >= 4 is 11.3 Å². The van der Waals surface area contributed by atoms with Gasteiger partial charge in [-0.15, -0.1) is 11.3 Å². The SMILES string of the molecule is N[C@@H]1CCCN(Cc2coc(-c3cccs3)n2)C1. The lowest BCUT2D eigenvalue weighted by molar-refractivity contribution is 0.199. The van der Waals surface area contributed by atoms with Crippen LogP contribution in [0.4, 0.5) is 0 Å². The number of rotatable bonds is 3. The fraction of sp³-hybridized carbons (Fsp3) is 0.462. The highest BCUT2D eigenvalue weighted by Gasteiger charge is 2.18. The predicted octanol–water partition coefficient (Wildman–Crippen LogP) is 2.33. The molecule has 1 aliphatic rings. The molecule has 3 heterocycles. The third-order valence-corrected chi connectivity index (χ3v) is 4.07. The van der Waals surface area contributed by atoms with Crippen LogP contribution in [0.1, 0.15) is 18.5 Å². The van der Waals surface area contributed by atoms with Crippen LogP contribution >= 0.6 is 11.3 Å². The highest BCUT2D eigenvalue weighted by atomic mass is 32.1. The van der Waals surface area contributed by atoms with E-state index in [0.717, 1.165) is 42.5 Å². The van der Waals surface area contributed by atoms with Crippen LogP contribution in [0.3, 0.4) is 0 Å². The quantitative estimate of drug-likeness (QED) is 0.923. The number of oxazole rings is 1. The van der Waals surface area contributed by atoms with Gasteiger partial charge in [-0.3, -0.25) is 4.90 Å². The largest absolute Gasteiger partial charge is 0.444 e. The summed E-state index contributed by atoms with van der Waals surface area (Å²) in [6.45, 7) is 2.90. The first-order valence-corrected chi connectivity index (χ1v) is 7.15. The molecule has 1 aliphatic heterocycles. The Hall–Kier alpha value is -1.17. The topological polar surface area (TPSA) is 55.3 Å². The number of nitrogens with two attached hydrogens (primary N) is 1. The van der Waals surface area contributed by atoms with Gasteiger partial charge in [0.2, 0.25) is 5.89 Å². The predicted molar refractivity (Wildman–Crippen MR) is 72.3 cm³/mol. The van der Waals surface area contributed by atoms with Crippen LogP contribution in [0.25, 0.3) is 10.8 Å². The zero-order chi connectivity index (χ0) is 12.4. The first-order chi connectivity index (χ1) is 8.81. The van der Waals surface area contributed by atoms with Gasteiger partial charge in [-0.2, -0.15) is 0 Å². The Bertz CT molecular complexity index is 494. The Morgan fingerprint density at radius 1 is 1.56 bits per heavy atom. The summed E-state index contributed by atoms with van der Waals surface area (Å²) in [5.41, 5.74) is 6.97. The Morgan fingerprint density at radius 3 is 3.28 bits per heavy atom. The fourth-order valence-corrected chi connectivity index (χ4v) is 3.01. The van der Waals surface area contributed by atoms with Crippen molar-refractivity contribution in [2.45, 2.75) is 25.4 Å². The maximum absolute atomic E-state index is 5.98. The van der Waals surface area contributed by atoms with E-state index in [1.165, 1.54) is 6.42 Å². The minimum absolute atomic E-state index is 0.308. The standard InChI is InChI=1S/C13H17N3OS/c14-10-3-1-5-16(7-10)8-11-9-17-13(15-11)12-4-2-6-18-12/h2,4,6,9-10H,1,3,5,7-8,14H2/t10-/m1/s1. The lowest BCUT2D eigenvalue weighted by Gasteiger charge is -2.29. The van der Waals surface area contributed by atoms with Crippen LogP contribution in [-0.2, 0) is 6.54 Å². The van der Waals surface area contributed by atoms with E-state index in [-0.39, 0.29) is 0 Å². The van der Waals surface area contributed by atoms with Crippen molar-refractivity contribution in [1.29, 1.82) is 0 Å². The molecule has 18 heavy (non-hydrogen) atoms. The van der Waals surface area contributed by atoms with Crippen LogP contribution in [-0.4, -0.2) is 29.0 Å². The molecule has 0 aromatic carbocycles. The van der Waals surface area contributed by atoms with E-state index in [2.05, 4.69) is 9.88 Å². The smallest absolute Gasteiger partial charge is 0.236 e. The first-order valence-electron chi connectivity index (χ1n) is 6.27. The van der Waals surface area contributed by atoms with E-state index in [9.17, 15) is 0 Å². The van der Waals surface area contributed by atoms with Crippen molar-refractivity contribution in [3.05, 3.63) is 29.5 Å². The summed E-state index contributed by atoms with van der Waals surface area (Å²) in [5, 5.41) is 2.03. The van der Waals surface area contributed by atoms with E-state index in [1.807, 2.05) is 17.5 Å². The van der Waals surface area contributed by atoms with Gasteiger partial charge < -0.3 is 10.2 Å². The van der Waals surface area contributed by atoms with E-state index >= 15 is 0 Å². The number of hydrogen-bond acceptors (Lipinski definition) is 5. The Labute approximate surface area is 110 Å². The summed E-state index contributed by atoms with van der Waals surface area (Å²) in [6, 6.07) is 4.34. The second kappa shape index (κ2) is 5.22. The number of piperidine rings is 1. The van der Waals surface area contributed by atoms with Gasteiger partial charge in [-0.05, 0) is 30.8 Å². The number of aromatic nitrogens is 1. The number of hydrogen-bond donors (Lipinski definition) is 1. The van der Waals surface area contributed by atoms with Crippen molar-refractivity contribution in [3.8, 4) is 10.8 Å². The molecule has 0 aliphatic carbocycles. The van der Waals surface area contributed by atoms with Gasteiger partial charge in [-0.1, -0.05) is 6.07 Å². The minimum atomic E-state index is 0.308. The summed E-state index contributed by atoms with van der Waals surface area (Å²) in [7, 11) is 0. The molecule has 5 heteroatoms. The minimum Gasteiger partial charge on any atom is -0.444 e. The lowest BCUT2D eigenvalue weighted by atomic mass is 10.1. The maximum atomic E-state index is 5.98. The second-order valence-corrected chi connectivity index (χ2v) is 5.71. The van der Waals surface area contributed by atoms with Crippen LogP contribution < -0.4 is 5.73 Å². The molecule has 2 aromatic rings. The van der Waals surface area contributed by atoms with Gasteiger partial charge in [0.15, 0.2) is 0 Å². The summed E-state index contributed by atoms with van der Waals surface area (Å²) in [4.78, 5) is 7.96. The van der Waals surface area contributed by atoms with E-state index in [4.69, 9.17) is 10.2 Å². The molecule has 0 amide bonds. The molecule has 4 nitrogen and oxygen atoms in total. The average molecular weight is 263 g/mol. The molecule has 2 N–H and O–H groups in total. The first kappa shape index (κ1) is 11.9. The molecule has 96 valence electrons. The van der Waals surface area contributed by atoms with Crippen LogP contribution in [0.5, 0.6) is 0 Å². The summed E-state index contributed by atoms with van der Waals surface area (Å²) in [6.07, 6.45) is 4.07. The van der Waals surface area contributed by atoms with E-state index in [1.54, 1.807) is 17.6 Å². The average Bonchev–Trinajstić information content (AvgIpc) is 2.98. The monoisotopic (exact) mass is 263 g/mol. The molecule has 2 aromatic heterocycles. The number of thiophene rings is 1. The van der Waals surface area contributed by atoms with Crippen molar-refractivity contribution in [2.24, 2.45) is 5.73 Å². The Balaban J connectivity index is 1.66. The molecular weight excluding hydrogens is 246 g/mol. The maximum Gasteiger partial charge on any atom is 0.236 e. The van der Waals surface area contributed by atoms with Gasteiger partial charge >= 0.3 is 0 Å². The lowest BCUT2D eigenvalue weighted by Crippen LogP contribution is -2.42. The highest BCUT2D eigenvalue weighted by Crippen LogP contribution is 2.24. The molecule has 1 fully saturated rings. The number of likely N-dealkylation sites (tertiary alicyclic amines) is 1. The Kier molecular flexibility index (Phi) is 3.45. The van der Waals surface area contributed by atoms with Crippen molar-refractivity contribution in [3.63, 3.8) is 0 Å². The Morgan fingerprint density at radius 2 is 2.50 bits per heavy atom. The zero-order valence-corrected chi connectivity index (χ0v) is 11.0. The van der Waals surface area contributed by atoms with Crippen molar-refractivity contribution in [2.75, 3.05) is 13.1 Å². The second-order valence-electron chi connectivity index (χ2n) is 4.76. The molecule has 3 rings (SSSR count). The fourth-order valence-electron chi connectivity index (χ4n) is 2.36. The van der Waals surface area contributed by atoms with Crippen molar-refractivity contribution < 1.29 is 4.42 Å². The van der Waals surface area contributed by atoms with Crippen LogP contribution in [0.15, 0.2) is 28.2 Å². The summed E-state index contributed by atoms with van der Waals surface area (Å²) < 4.78 is 5.52. The highest BCUT2D eigenvalue weighted by molar-refractivity contribution is 7.13. The molecular formula is C13H17N3OS. The number of nitrogens with zero attached hydrogens (tertiary/aromatic N) is 2. The summed E-state index contributed by atoms with van der Waals surface area (Å²) in [5.74, 6) is 0.723. The molecule has 0 saturated carbocycles. The van der Waals surface area contributed by atoms with E-state index < -0.39 is 0 Å². The zero-order valence-electron chi connectivity index (χ0n) is 10.2. The van der Waals surface area contributed by atoms with Gasteiger partial charge in [0, 0.05) is 19.1 Å². The molecule has 0 bridgehead atoms. The third-order valence-electron chi connectivity index (χ3n) is 3.21. The van der Waals surface area contributed by atoms with E-state index in [0.29, 0.717) is 6.04 Å². The van der Waals surface area contributed by atoms with Crippen molar-refractivity contribution in [1.82, 2.24) is 9.88 Å². The third kappa shape index (κ3) is 2.63. The van der Waals surface area contributed by atoms with Gasteiger partial charge in [-0.25, -0.2) is 4.98 Å². The molecule has 0 unspecified atom stereocenters. The van der Waals surface area contributed by atoms with Crippen LogP contribution in [0.2, 0.25) is 0 Å². The molecule has 0 radical (unpaired) electrons. The van der Waals surface area contributed by atoms with Gasteiger partial charge in [0.1, 0.15) is 6.26 Å². The normalized spacial score (nSPS) is 21.3. The van der Waals surface area contributed by atoms with Gasteiger partial charge in [0.05, 0.1) is 10.6 Å². The molecule has 1 saturated heterocycles.